The molecule has 0 aromatic rings. The van der Waals surface area contributed by atoms with Crippen LogP contribution in [0.5, 0.6) is 0 Å². The molecular formula is C27H46O4. The van der Waals surface area contributed by atoms with Gasteiger partial charge in [-0.05, 0) is 73.2 Å². The summed E-state index contributed by atoms with van der Waals surface area (Å²) in [5, 5.41) is 43.5. The highest BCUT2D eigenvalue weighted by atomic mass is 16.5. The van der Waals surface area contributed by atoms with Gasteiger partial charge in [-0.25, -0.2) is 0 Å². The minimum atomic E-state index is -2.03. The van der Waals surface area contributed by atoms with Crippen LogP contribution in [0.3, 0.4) is 0 Å². The fourth-order valence-corrected chi connectivity index (χ4v) is 7.42. The minimum Gasteiger partial charge on any atom is -0.393 e. The van der Waals surface area contributed by atoms with Crippen LogP contribution in [-0.2, 0) is 0 Å². The lowest BCUT2D eigenvalue weighted by Crippen LogP contribution is -2.47. The Hall–Kier alpha value is -0.680. The van der Waals surface area contributed by atoms with Gasteiger partial charge in [0.1, 0.15) is 6.10 Å². The predicted molar refractivity (Wildman–Crippen MR) is 125 cm³/mol. The Bertz CT molecular complexity index is 666. The van der Waals surface area contributed by atoms with E-state index in [1.807, 2.05) is 0 Å². The summed E-state index contributed by atoms with van der Waals surface area (Å²) in [7, 11) is 0. The molecule has 178 valence electrons. The molecule has 0 aromatic carbocycles. The van der Waals surface area contributed by atoms with E-state index in [4.69, 9.17) is 0 Å². The zero-order valence-electron chi connectivity index (χ0n) is 20.2. The maximum absolute atomic E-state index is 11.2. The van der Waals surface area contributed by atoms with Gasteiger partial charge in [0, 0.05) is 5.92 Å². The molecule has 3 rings (SSSR count). The second-order valence-electron chi connectivity index (χ2n) is 11.7. The molecule has 0 bridgehead atoms. The van der Waals surface area contributed by atoms with E-state index in [1.54, 1.807) is 0 Å². The van der Waals surface area contributed by atoms with Crippen LogP contribution < -0.4 is 0 Å². The average Bonchev–Trinajstić information content (AvgIpc) is 2.84. The molecule has 0 amide bonds. The summed E-state index contributed by atoms with van der Waals surface area (Å²) in [6.45, 7) is 13.0. The van der Waals surface area contributed by atoms with E-state index in [9.17, 15) is 20.4 Å². The van der Waals surface area contributed by atoms with Crippen LogP contribution in [-0.4, -0.2) is 38.4 Å². The van der Waals surface area contributed by atoms with Gasteiger partial charge in [-0.1, -0.05) is 71.6 Å². The topological polar surface area (TPSA) is 80.9 Å². The van der Waals surface area contributed by atoms with Crippen molar-refractivity contribution >= 4 is 0 Å². The van der Waals surface area contributed by atoms with Crippen molar-refractivity contribution < 1.29 is 20.4 Å². The molecule has 4 N–H and O–H groups in total. The zero-order chi connectivity index (χ0) is 23.0. The molecular weight excluding hydrogens is 388 g/mol. The van der Waals surface area contributed by atoms with Crippen LogP contribution in [0.1, 0.15) is 91.9 Å². The van der Waals surface area contributed by atoms with Gasteiger partial charge in [0.15, 0.2) is 5.79 Å². The molecule has 2 unspecified atom stereocenters. The van der Waals surface area contributed by atoms with Gasteiger partial charge < -0.3 is 20.4 Å². The van der Waals surface area contributed by atoms with Gasteiger partial charge in [-0.2, -0.15) is 0 Å². The number of hydrogen-bond donors (Lipinski definition) is 4. The van der Waals surface area contributed by atoms with Crippen molar-refractivity contribution in [2.75, 3.05) is 0 Å². The summed E-state index contributed by atoms with van der Waals surface area (Å²) >= 11 is 0. The fraction of sp³-hybridized carbons (Fsp3) is 0.852. The van der Waals surface area contributed by atoms with Crippen molar-refractivity contribution in [3.63, 3.8) is 0 Å². The molecule has 0 heterocycles. The maximum atomic E-state index is 11.2. The Kier molecular flexibility index (Phi) is 7.78. The standard InChI is InChI=1S/C27H46O4/c1-17(2)8-6-9-19(4)24-26(5)15-7-10-20(23(26)25(29)27(24,30)31)12-13-21-16-22(28)14-11-18(21)3/h13,17,19-20,22-25,28-31H,3,6-12,14-16H2,1-2,4-5H3/b21-13+/t19-,20?,22+,23-,24-,25?,26-/m1/s1. The number of rotatable bonds is 7. The van der Waals surface area contributed by atoms with Gasteiger partial charge >= 0.3 is 0 Å². The first kappa shape index (κ1) is 25.0. The van der Waals surface area contributed by atoms with Crippen LogP contribution >= 0.6 is 0 Å². The summed E-state index contributed by atoms with van der Waals surface area (Å²) in [6.07, 6.45) is 10.1. The Morgan fingerprint density at radius 3 is 2.52 bits per heavy atom. The first-order valence-electron chi connectivity index (χ1n) is 12.7. The van der Waals surface area contributed by atoms with E-state index in [1.165, 1.54) is 0 Å². The monoisotopic (exact) mass is 434 g/mol. The fourth-order valence-electron chi connectivity index (χ4n) is 7.42. The zero-order valence-corrected chi connectivity index (χ0v) is 20.2. The minimum absolute atomic E-state index is 0.118. The molecule has 3 fully saturated rings. The molecule has 0 aliphatic heterocycles. The molecule has 7 atom stereocenters. The molecule has 0 spiro atoms. The number of aliphatic hydroxyl groups is 4. The Balaban J connectivity index is 1.79. The quantitative estimate of drug-likeness (QED) is 0.427. The van der Waals surface area contributed by atoms with Crippen LogP contribution in [0.4, 0.5) is 0 Å². The lowest BCUT2D eigenvalue weighted by Gasteiger charge is -2.47. The Morgan fingerprint density at radius 2 is 1.84 bits per heavy atom. The second kappa shape index (κ2) is 9.67. The van der Waals surface area contributed by atoms with Crippen molar-refractivity contribution in [1.29, 1.82) is 0 Å². The van der Waals surface area contributed by atoms with Crippen molar-refractivity contribution in [3.8, 4) is 0 Å². The molecule has 4 heteroatoms. The number of hydrogen-bond acceptors (Lipinski definition) is 4. The van der Waals surface area contributed by atoms with Gasteiger partial charge in [0.25, 0.3) is 0 Å². The number of allylic oxidation sites excluding steroid dienone is 2. The lowest BCUT2D eigenvalue weighted by atomic mass is 9.58. The van der Waals surface area contributed by atoms with Gasteiger partial charge in [0.2, 0.25) is 0 Å². The molecule has 4 nitrogen and oxygen atoms in total. The number of fused-ring (bicyclic) bond motifs is 1. The van der Waals surface area contributed by atoms with Crippen molar-refractivity contribution in [2.45, 2.75) is 110 Å². The third-order valence-corrected chi connectivity index (χ3v) is 8.87. The molecule has 0 radical (unpaired) electrons. The van der Waals surface area contributed by atoms with Crippen LogP contribution in [0.15, 0.2) is 23.8 Å². The van der Waals surface area contributed by atoms with Gasteiger partial charge in [-0.15, -0.1) is 0 Å². The third kappa shape index (κ3) is 4.98. The van der Waals surface area contributed by atoms with Crippen LogP contribution in [0.25, 0.3) is 0 Å². The summed E-state index contributed by atoms with van der Waals surface area (Å²) in [5.74, 6) is -1.43. The van der Waals surface area contributed by atoms with Gasteiger partial charge in [0.05, 0.1) is 6.10 Å². The van der Waals surface area contributed by atoms with Crippen LogP contribution in [0, 0.1) is 35.0 Å². The molecule has 3 aliphatic carbocycles. The second-order valence-corrected chi connectivity index (χ2v) is 11.7. The van der Waals surface area contributed by atoms with Crippen molar-refractivity contribution in [2.24, 2.45) is 35.0 Å². The molecule has 3 aliphatic rings. The summed E-state index contributed by atoms with van der Waals surface area (Å²) < 4.78 is 0. The largest absolute Gasteiger partial charge is 0.393 e. The summed E-state index contributed by atoms with van der Waals surface area (Å²) in [4.78, 5) is 0. The van der Waals surface area contributed by atoms with Crippen molar-refractivity contribution in [3.05, 3.63) is 23.8 Å². The van der Waals surface area contributed by atoms with Crippen molar-refractivity contribution in [1.82, 2.24) is 0 Å². The molecule has 3 saturated carbocycles. The summed E-state index contributed by atoms with van der Waals surface area (Å²) in [5.41, 5.74) is 1.99. The highest BCUT2D eigenvalue weighted by molar-refractivity contribution is 5.31. The smallest absolute Gasteiger partial charge is 0.193 e. The molecule has 0 saturated heterocycles. The molecule has 0 aromatic heterocycles. The lowest BCUT2D eigenvalue weighted by molar-refractivity contribution is -0.251. The van der Waals surface area contributed by atoms with E-state index >= 15 is 0 Å². The molecule has 31 heavy (non-hydrogen) atoms. The normalized spacial score (nSPS) is 40.4. The average molecular weight is 435 g/mol. The van der Waals surface area contributed by atoms with Crippen LogP contribution in [0.2, 0.25) is 0 Å². The van der Waals surface area contributed by atoms with E-state index in [-0.39, 0.29) is 35.2 Å². The third-order valence-electron chi connectivity index (χ3n) is 8.87. The maximum Gasteiger partial charge on any atom is 0.193 e. The SMILES string of the molecule is C=C1CC[C@H](O)C/C1=C\CC1CCC[C@]2(C)[C@H]1C(O)C(O)(O)[C@@H]2[C@H](C)CCCC(C)C. The highest BCUT2D eigenvalue weighted by Gasteiger charge is 2.67. The van der Waals surface area contributed by atoms with E-state index in [0.29, 0.717) is 12.3 Å². The van der Waals surface area contributed by atoms with E-state index in [0.717, 1.165) is 68.9 Å². The Labute approximate surface area is 189 Å². The van der Waals surface area contributed by atoms with E-state index in [2.05, 4.69) is 40.3 Å². The first-order valence-corrected chi connectivity index (χ1v) is 12.7. The Morgan fingerprint density at radius 1 is 1.13 bits per heavy atom. The van der Waals surface area contributed by atoms with E-state index < -0.39 is 11.9 Å². The highest BCUT2D eigenvalue weighted by Crippen LogP contribution is 2.63. The number of aliphatic hydroxyl groups excluding tert-OH is 2. The summed E-state index contributed by atoms with van der Waals surface area (Å²) in [6, 6.07) is 0. The predicted octanol–water partition coefficient (Wildman–Crippen LogP) is 4.96. The first-order chi connectivity index (χ1) is 14.5. The van der Waals surface area contributed by atoms with Gasteiger partial charge in [-0.3, -0.25) is 0 Å².